The standard InChI is InChI=1S/C36H65N3O11/c1-13-15-16-37-33(42)47-28-22(5)29(48-32-27(40)25(38(10)11)17-21(4)45-32)35(8,44)18-20(3)19-39(12)24(7)30-36(9,50-34(43)49-30)26(14-2)46-31(41)23(28)6/h20-30,32,40,44H,13-19H2,1-12H3,(H,37,42)/t20-,21-,22+,23-,24-,25+,26-,27-,28+,29-,30-,32+,35-,36-/m1/s1. The molecule has 1 amide bonds. The zero-order valence-corrected chi connectivity index (χ0v) is 32.3. The van der Waals surface area contributed by atoms with Crippen molar-refractivity contribution in [3.05, 3.63) is 0 Å². The number of carbonyl (C=O) groups is 3. The summed E-state index contributed by atoms with van der Waals surface area (Å²) in [4.78, 5) is 43.9. The largest absolute Gasteiger partial charge is 0.509 e. The second-order valence-corrected chi connectivity index (χ2v) is 15.7. The number of cyclic esters (lactones) is 1. The normalized spacial score (nSPS) is 42.4. The third kappa shape index (κ3) is 9.80. The van der Waals surface area contributed by atoms with Crippen molar-refractivity contribution in [2.75, 3.05) is 34.2 Å². The summed E-state index contributed by atoms with van der Waals surface area (Å²) in [6, 6.07) is -0.619. The van der Waals surface area contributed by atoms with Gasteiger partial charge < -0.3 is 48.9 Å². The fourth-order valence-electron chi connectivity index (χ4n) is 8.08. The molecule has 0 aromatic carbocycles. The minimum absolute atomic E-state index is 0.121. The number of esters is 1. The maximum absolute atomic E-state index is 14.1. The molecule has 0 unspecified atom stereocenters. The van der Waals surface area contributed by atoms with Crippen molar-refractivity contribution in [1.82, 2.24) is 15.1 Å². The highest BCUT2D eigenvalue weighted by Crippen LogP contribution is 2.40. The molecule has 50 heavy (non-hydrogen) atoms. The summed E-state index contributed by atoms with van der Waals surface area (Å²) < 4.78 is 36.4. The van der Waals surface area contributed by atoms with Gasteiger partial charge >= 0.3 is 18.2 Å². The van der Waals surface area contributed by atoms with E-state index in [4.69, 9.17) is 28.4 Å². The van der Waals surface area contributed by atoms with Crippen molar-refractivity contribution in [2.24, 2.45) is 17.8 Å². The molecule has 3 heterocycles. The molecular weight excluding hydrogens is 650 g/mol. The number of nitrogens with one attached hydrogen (secondary N) is 1. The molecule has 14 nitrogen and oxygen atoms in total. The summed E-state index contributed by atoms with van der Waals surface area (Å²) in [6.45, 7) is 17.3. The fourth-order valence-corrected chi connectivity index (χ4v) is 8.08. The Balaban J connectivity index is 2.13. The Bertz CT molecular complexity index is 1140. The third-order valence-corrected chi connectivity index (χ3v) is 10.9. The zero-order valence-electron chi connectivity index (χ0n) is 32.3. The average molecular weight is 716 g/mol. The third-order valence-electron chi connectivity index (χ3n) is 10.9. The van der Waals surface area contributed by atoms with Crippen LogP contribution in [-0.2, 0) is 33.2 Å². The molecule has 3 aliphatic heterocycles. The number of alkyl carbamates (subject to hydrolysis) is 1. The second-order valence-electron chi connectivity index (χ2n) is 15.7. The molecular formula is C36H65N3O11. The van der Waals surface area contributed by atoms with Gasteiger partial charge in [0.1, 0.15) is 18.3 Å². The molecule has 0 aliphatic carbocycles. The van der Waals surface area contributed by atoms with Crippen molar-refractivity contribution < 1.29 is 53.0 Å². The molecule has 0 aromatic heterocycles. The monoisotopic (exact) mass is 715 g/mol. The van der Waals surface area contributed by atoms with Crippen molar-refractivity contribution >= 4 is 18.2 Å². The SMILES string of the molecule is CCCCNC(=O)O[C@H]1[C@H](C)[C@@H](O[C@@H]2O[C@H](C)C[C@H](N(C)C)[C@H]2O)[C@](C)(O)C[C@@H](C)CN(C)[C@H](C)[C@H]2OC(=O)O[C@]2(C)[C@@H](CC)OC(=O)[C@@H]1C. The van der Waals surface area contributed by atoms with Crippen molar-refractivity contribution in [3.63, 3.8) is 0 Å². The minimum Gasteiger partial charge on any atom is -0.458 e. The number of hydrogen-bond donors (Lipinski definition) is 3. The van der Waals surface area contributed by atoms with Crippen LogP contribution in [0.15, 0.2) is 0 Å². The van der Waals surface area contributed by atoms with Gasteiger partial charge in [-0.3, -0.25) is 9.69 Å². The number of carbonyl (C=O) groups excluding carboxylic acids is 3. The zero-order chi connectivity index (χ0) is 37.7. The maximum Gasteiger partial charge on any atom is 0.509 e. The molecule has 0 bridgehead atoms. The van der Waals surface area contributed by atoms with E-state index in [-0.39, 0.29) is 30.5 Å². The molecule has 3 N–H and O–H groups in total. The van der Waals surface area contributed by atoms with Crippen LogP contribution in [0.5, 0.6) is 0 Å². The fraction of sp³-hybridized carbons (Fsp3) is 0.917. The lowest BCUT2D eigenvalue weighted by Gasteiger charge is -2.47. The van der Waals surface area contributed by atoms with Gasteiger partial charge in [0.15, 0.2) is 18.0 Å². The van der Waals surface area contributed by atoms with E-state index in [0.29, 0.717) is 25.9 Å². The molecule has 14 atom stereocenters. The van der Waals surface area contributed by atoms with E-state index >= 15 is 0 Å². The Labute approximate surface area is 298 Å². The summed E-state index contributed by atoms with van der Waals surface area (Å²) >= 11 is 0. The molecule has 3 aliphatic rings. The highest BCUT2D eigenvalue weighted by molar-refractivity contribution is 5.74. The Hall–Kier alpha value is -2.23. The number of aliphatic hydroxyl groups is 2. The van der Waals surface area contributed by atoms with E-state index in [9.17, 15) is 24.6 Å². The topological polar surface area (TPSA) is 166 Å². The molecule has 0 spiro atoms. The quantitative estimate of drug-likeness (QED) is 0.190. The molecule has 0 radical (unpaired) electrons. The lowest BCUT2D eigenvalue weighted by molar-refractivity contribution is -0.299. The number of unbranched alkanes of at least 4 members (excludes halogenated alkanes) is 1. The van der Waals surface area contributed by atoms with Gasteiger partial charge in [0.05, 0.1) is 23.7 Å². The Morgan fingerprint density at radius 1 is 1.10 bits per heavy atom. The first kappa shape index (κ1) is 42.2. The van der Waals surface area contributed by atoms with E-state index in [0.717, 1.165) is 12.8 Å². The van der Waals surface area contributed by atoms with Gasteiger partial charge in [-0.1, -0.05) is 34.1 Å². The van der Waals surface area contributed by atoms with Crippen LogP contribution in [-0.4, -0.2) is 139 Å². The molecule has 0 aromatic rings. The Kier molecular flexibility index (Phi) is 14.8. The maximum atomic E-state index is 14.1. The summed E-state index contributed by atoms with van der Waals surface area (Å²) in [6.07, 6.45) is -5.11. The number of amides is 1. The number of nitrogens with zero attached hydrogens (tertiary/aromatic N) is 2. The van der Waals surface area contributed by atoms with Crippen LogP contribution in [0.3, 0.4) is 0 Å². The van der Waals surface area contributed by atoms with Gasteiger partial charge in [-0.25, -0.2) is 9.59 Å². The average Bonchev–Trinajstić information content (AvgIpc) is 3.34. The first-order valence-electron chi connectivity index (χ1n) is 18.4. The van der Waals surface area contributed by atoms with Gasteiger partial charge in [-0.2, -0.15) is 0 Å². The van der Waals surface area contributed by atoms with Crippen LogP contribution in [0.25, 0.3) is 0 Å². The van der Waals surface area contributed by atoms with Crippen LogP contribution in [0.1, 0.15) is 94.4 Å². The lowest BCUT2D eigenvalue weighted by Crippen LogP contribution is -2.59. The van der Waals surface area contributed by atoms with Crippen molar-refractivity contribution in [3.8, 4) is 0 Å². The van der Waals surface area contributed by atoms with E-state index in [1.165, 1.54) is 0 Å². The molecule has 3 saturated heterocycles. The number of hydrogen-bond acceptors (Lipinski definition) is 13. The van der Waals surface area contributed by atoms with Gasteiger partial charge in [0, 0.05) is 31.1 Å². The minimum atomic E-state index is -1.56. The summed E-state index contributed by atoms with van der Waals surface area (Å²) in [5.41, 5.74) is -2.86. The summed E-state index contributed by atoms with van der Waals surface area (Å²) in [7, 11) is 5.66. The molecule has 290 valence electrons. The molecule has 0 saturated carbocycles. The van der Waals surface area contributed by atoms with E-state index in [1.807, 2.05) is 65.6 Å². The smallest absolute Gasteiger partial charge is 0.458 e. The van der Waals surface area contributed by atoms with Gasteiger partial charge in [0.25, 0.3) is 0 Å². The number of aliphatic hydroxyl groups excluding tert-OH is 1. The van der Waals surface area contributed by atoms with Gasteiger partial charge in [-0.05, 0) is 87.4 Å². The van der Waals surface area contributed by atoms with Crippen molar-refractivity contribution in [1.29, 1.82) is 0 Å². The Morgan fingerprint density at radius 3 is 2.36 bits per heavy atom. The summed E-state index contributed by atoms with van der Waals surface area (Å²) in [5.74, 6) is -2.66. The second kappa shape index (κ2) is 17.5. The first-order valence-corrected chi connectivity index (χ1v) is 18.4. The van der Waals surface area contributed by atoms with Crippen LogP contribution in [0, 0.1) is 17.8 Å². The van der Waals surface area contributed by atoms with Crippen LogP contribution >= 0.6 is 0 Å². The van der Waals surface area contributed by atoms with Crippen LogP contribution < -0.4 is 5.32 Å². The highest BCUT2D eigenvalue weighted by atomic mass is 16.8. The molecule has 3 fully saturated rings. The molecule has 14 heteroatoms. The summed E-state index contributed by atoms with van der Waals surface area (Å²) in [5, 5.41) is 26.6. The predicted octanol–water partition coefficient (Wildman–Crippen LogP) is 3.69. The lowest BCUT2D eigenvalue weighted by atomic mass is 9.77. The highest BCUT2D eigenvalue weighted by Gasteiger charge is 2.58. The van der Waals surface area contributed by atoms with E-state index in [2.05, 4.69) is 5.32 Å². The van der Waals surface area contributed by atoms with E-state index in [1.54, 1.807) is 27.7 Å². The van der Waals surface area contributed by atoms with E-state index < -0.39 is 78.1 Å². The van der Waals surface area contributed by atoms with Gasteiger partial charge in [-0.15, -0.1) is 0 Å². The number of ether oxygens (including phenoxy) is 6. The molecule has 3 rings (SSSR count). The van der Waals surface area contributed by atoms with Crippen LogP contribution in [0.2, 0.25) is 0 Å². The number of likely N-dealkylation sites (N-methyl/N-ethyl adjacent to an activating group) is 2. The predicted molar refractivity (Wildman–Crippen MR) is 185 cm³/mol. The first-order chi connectivity index (χ1) is 23.3. The van der Waals surface area contributed by atoms with Crippen molar-refractivity contribution in [2.45, 2.75) is 161 Å². The van der Waals surface area contributed by atoms with Crippen LogP contribution in [0.4, 0.5) is 9.59 Å². The van der Waals surface area contributed by atoms with Gasteiger partial charge in [0.2, 0.25) is 0 Å². The Morgan fingerprint density at radius 2 is 1.76 bits per heavy atom. The number of fused-ring (bicyclic) bond motifs is 1. The number of rotatable bonds is 8.